The van der Waals surface area contributed by atoms with Crippen LogP contribution in [0.1, 0.15) is 12.8 Å². The average Bonchev–Trinajstić information content (AvgIpc) is 3.13. The molecule has 0 aliphatic carbocycles. The second-order valence-electron chi connectivity index (χ2n) is 4.74. The van der Waals surface area contributed by atoms with E-state index in [0.717, 1.165) is 25.9 Å². The van der Waals surface area contributed by atoms with E-state index < -0.39 is 0 Å². The Kier molecular flexibility index (Phi) is 5.27. The van der Waals surface area contributed by atoms with Crippen LogP contribution in [0.3, 0.4) is 0 Å². The largest absolute Gasteiger partial charge is 0.382 e. The summed E-state index contributed by atoms with van der Waals surface area (Å²) in [5, 5.41) is 4.49. The Morgan fingerprint density at radius 1 is 1.24 bits per heavy atom. The van der Waals surface area contributed by atoms with Gasteiger partial charge in [0.05, 0.1) is 0 Å². The third-order valence-electron chi connectivity index (χ3n) is 3.20. The van der Waals surface area contributed by atoms with E-state index in [-0.39, 0.29) is 0 Å². The molecule has 1 aliphatic heterocycles. The molecule has 7 nitrogen and oxygen atoms in total. The van der Waals surface area contributed by atoms with Gasteiger partial charge in [-0.15, -0.1) is 0 Å². The van der Waals surface area contributed by atoms with Gasteiger partial charge in [0.2, 0.25) is 0 Å². The highest BCUT2D eigenvalue weighted by Crippen LogP contribution is 2.31. The number of hydrogen-bond donors (Lipinski definition) is 3. The summed E-state index contributed by atoms with van der Waals surface area (Å²) in [6.45, 7) is 3.10. The Bertz CT molecular complexity index is 607. The van der Waals surface area contributed by atoms with Gasteiger partial charge in [0.15, 0.2) is 11.5 Å². The zero-order valence-corrected chi connectivity index (χ0v) is 12.6. The maximum absolute atomic E-state index is 6.23. The fourth-order valence-electron chi connectivity index (χ4n) is 2.14. The molecule has 0 spiro atoms. The molecule has 2 aromatic heterocycles. The first-order chi connectivity index (χ1) is 10.1. The van der Waals surface area contributed by atoms with Crippen molar-refractivity contribution in [1.82, 2.24) is 14.6 Å². The summed E-state index contributed by atoms with van der Waals surface area (Å²) < 4.78 is 1.47. The number of hydrogen-bond acceptors (Lipinski definition) is 6. The van der Waals surface area contributed by atoms with Crippen molar-refractivity contribution in [2.45, 2.75) is 12.8 Å². The van der Waals surface area contributed by atoms with E-state index in [9.17, 15) is 0 Å². The van der Waals surface area contributed by atoms with Crippen LogP contribution in [-0.2, 0) is 0 Å². The zero-order chi connectivity index (χ0) is 15.4. The Balaban J connectivity index is 0.000000361. The van der Waals surface area contributed by atoms with Gasteiger partial charge in [0.25, 0.3) is 0 Å². The molecule has 3 rings (SSSR count). The molecule has 112 valence electrons. The van der Waals surface area contributed by atoms with Gasteiger partial charge < -0.3 is 22.1 Å². The lowest BCUT2D eigenvalue weighted by atomic mass is 10.0. The van der Waals surface area contributed by atoms with Crippen molar-refractivity contribution in [3.05, 3.63) is 11.2 Å². The minimum atomic E-state index is 0.385. The molecule has 3 heterocycles. The van der Waals surface area contributed by atoms with Crippen molar-refractivity contribution in [2.75, 3.05) is 36.8 Å². The van der Waals surface area contributed by atoms with Gasteiger partial charge in [-0.25, -0.2) is 4.98 Å². The number of rotatable bonds is 2. The van der Waals surface area contributed by atoms with E-state index in [2.05, 4.69) is 15.0 Å². The van der Waals surface area contributed by atoms with Crippen LogP contribution in [0.5, 0.6) is 0 Å². The minimum absolute atomic E-state index is 0.385. The molecule has 0 bridgehead atoms. The fourth-order valence-corrected chi connectivity index (χ4v) is 2.38. The quantitative estimate of drug-likeness (QED) is 0.630. The van der Waals surface area contributed by atoms with E-state index in [0.29, 0.717) is 40.9 Å². The molecular weight excluding hydrogens is 288 g/mol. The lowest BCUT2D eigenvalue weighted by Crippen LogP contribution is -2.21. The van der Waals surface area contributed by atoms with Crippen LogP contribution in [0, 0.1) is 0 Å². The van der Waals surface area contributed by atoms with Gasteiger partial charge in [-0.3, -0.25) is 0 Å². The highest BCUT2D eigenvalue weighted by molar-refractivity contribution is 6.37. The van der Waals surface area contributed by atoms with Crippen LogP contribution in [-0.4, -0.2) is 48.6 Å². The predicted molar refractivity (Wildman–Crippen MR) is 87.4 cm³/mol. The smallest absolute Gasteiger partial charge is 0.153 e. The Morgan fingerprint density at radius 3 is 2.43 bits per heavy atom. The number of nitrogens with two attached hydrogens (primary N) is 3. The number of nitrogen functional groups attached to an aromatic ring is 1. The summed E-state index contributed by atoms with van der Waals surface area (Å²) in [6, 6.07) is 0. The average molecular weight is 308 g/mol. The maximum atomic E-state index is 6.23. The lowest BCUT2D eigenvalue weighted by Gasteiger charge is -2.19. The monoisotopic (exact) mass is 307 g/mol. The molecule has 0 amide bonds. The summed E-state index contributed by atoms with van der Waals surface area (Å²) in [4.78, 5) is 6.60. The van der Waals surface area contributed by atoms with Crippen molar-refractivity contribution < 1.29 is 0 Å². The van der Waals surface area contributed by atoms with Crippen molar-refractivity contribution in [2.24, 2.45) is 11.5 Å². The van der Waals surface area contributed by atoms with Crippen molar-refractivity contribution >= 4 is 42.2 Å². The first-order valence-electron chi connectivity index (χ1n) is 6.83. The van der Waals surface area contributed by atoms with Crippen LogP contribution in [0.2, 0.25) is 5.02 Å². The molecule has 1 fully saturated rings. The molecule has 9 heteroatoms. The highest BCUT2D eigenvalue weighted by Gasteiger charge is 2.21. The number of anilines is 2. The number of nitrogens with zero attached hydrogens (tertiary/aromatic N) is 4. The molecule has 0 aromatic carbocycles. The van der Waals surface area contributed by atoms with Crippen molar-refractivity contribution in [1.29, 1.82) is 0 Å². The van der Waals surface area contributed by atoms with Crippen molar-refractivity contribution in [3.8, 4) is 0 Å². The molecule has 0 unspecified atom stereocenters. The first kappa shape index (κ1) is 15.9. The topological polar surface area (TPSA) is 111 Å². The second kappa shape index (κ2) is 6.97. The van der Waals surface area contributed by atoms with E-state index in [1.807, 2.05) is 0 Å². The van der Waals surface area contributed by atoms with Gasteiger partial charge in [-0.1, -0.05) is 11.6 Å². The highest BCUT2D eigenvalue weighted by atomic mass is 35.5. The number of aromatic nitrogens is 3. The molecule has 1 aliphatic rings. The molecule has 1 saturated heterocycles. The van der Waals surface area contributed by atoms with Crippen LogP contribution >= 0.6 is 11.6 Å². The third kappa shape index (κ3) is 3.23. The van der Waals surface area contributed by atoms with E-state index in [1.165, 1.54) is 10.7 Å². The number of fused-ring (bicyclic) bond motifs is 1. The van der Waals surface area contributed by atoms with Gasteiger partial charge in [0, 0.05) is 32.4 Å². The van der Waals surface area contributed by atoms with Crippen LogP contribution < -0.4 is 27.6 Å². The van der Waals surface area contributed by atoms with E-state index in [4.69, 9.17) is 36.6 Å². The van der Waals surface area contributed by atoms with Crippen molar-refractivity contribution in [3.63, 3.8) is 0 Å². The van der Waals surface area contributed by atoms with E-state index in [1.54, 1.807) is 0 Å². The van der Waals surface area contributed by atoms with E-state index >= 15 is 0 Å². The summed E-state index contributed by atoms with van der Waals surface area (Å²) in [7, 11) is 5.80. The van der Waals surface area contributed by atoms with Gasteiger partial charge in [-0.05, 0) is 18.3 Å². The number of halogens is 1. The first-order valence-corrected chi connectivity index (χ1v) is 7.21. The standard InChI is InChI=1S/C10H11BClN5.C2H8N2/c11-6-5-14-17-8(13)7(12)10(15-9(6)17)16-3-1-2-4-16;3-1-2-4/h5H,1-4,13H2;1-4H2. The normalized spacial score (nSPS) is 14.3. The summed E-state index contributed by atoms with van der Waals surface area (Å²) in [5.41, 5.74) is 16.8. The lowest BCUT2D eigenvalue weighted by molar-refractivity contribution is 0.907. The van der Waals surface area contributed by atoms with Crippen LogP contribution in [0.15, 0.2) is 6.20 Å². The predicted octanol–water partition coefficient (Wildman–Crippen LogP) is -0.737. The molecule has 2 aromatic rings. The summed E-state index contributed by atoms with van der Waals surface area (Å²) in [6.07, 6.45) is 3.83. The molecule has 2 radical (unpaired) electrons. The molecule has 0 saturated carbocycles. The Morgan fingerprint density at radius 2 is 1.86 bits per heavy atom. The molecular formula is C12H19BClN7. The van der Waals surface area contributed by atoms with Gasteiger partial charge in [0.1, 0.15) is 18.7 Å². The maximum Gasteiger partial charge on any atom is 0.153 e. The van der Waals surface area contributed by atoms with Crippen LogP contribution in [0.4, 0.5) is 11.6 Å². The van der Waals surface area contributed by atoms with Crippen LogP contribution in [0.25, 0.3) is 5.65 Å². The van der Waals surface area contributed by atoms with Gasteiger partial charge in [-0.2, -0.15) is 9.61 Å². The Hall–Kier alpha value is -1.51. The molecule has 0 atom stereocenters. The second-order valence-corrected chi connectivity index (χ2v) is 5.12. The minimum Gasteiger partial charge on any atom is -0.382 e. The van der Waals surface area contributed by atoms with Gasteiger partial charge >= 0.3 is 0 Å². The Labute approximate surface area is 129 Å². The molecule has 21 heavy (non-hydrogen) atoms. The molecule has 6 N–H and O–H groups in total. The zero-order valence-electron chi connectivity index (χ0n) is 11.8. The summed E-state index contributed by atoms with van der Waals surface area (Å²) in [5.74, 6) is 1.09. The third-order valence-corrected chi connectivity index (χ3v) is 3.57. The summed E-state index contributed by atoms with van der Waals surface area (Å²) >= 11 is 6.23. The fraction of sp³-hybridized carbons (Fsp3) is 0.500. The SMILES string of the molecule is NCCN.[B]c1cnn2c(N)c(Cl)c(N3CCCC3)nc12.